The van der Waals surface area contributed by atoms with Crippen LogP contribution in [-0.2, 0) is 4.79 Å². The number of amides is 1. The number of nitrogens with zero attached hydrogens (tertiary/aromatic N) is 1. The highest BCUT2D eigenvalue weighted by atomic mass is 16.3. The lowest BCUT2D eigenvalue weighted by molar-refractivity contribution is -0.124. The minimum Gasteiger partial charge on any atom is -0.393 e. The molecule has 1 amide bonds. The van der Waals surface area contributed by atoms with Crippen LogP contribution >= 0.6 is 0 Å². The summed E-state index contributed by atoms with van der Waals surface area (Å²) in [6.45, 7) is 4.77. The molecule has 2 aliphatic carbocycles. The Bertz CT molecular complexity index is 593. The maximum Gasteiger partial charge on any atom is 0.271 e. The first-order chi connectivity index (χ1) is 14.1. The van der Waals surface area contributed by atoms with Gasteiger partial charge in [0.1, 0.15) is 13.0 Å². The zero-order valence-electron chi connectivity index (χ0n) is 18.2. The van der Waals surface area contributed by atoms with Crippen molar-refractivity contribution in [2.45, 2.75) is 96.0 Å². The Hall–Kier alpha value is -1.14. The largest absolute Gasteiger partial charge is 0.393 e. The molecule has 5 nitrogen and oxygen atoms in total. The van der Waals surface area contributed by atoms with Gasteiger partial charge in [-0.2, -0.15) is 0 Å². The monoisotopic (exact) mass is 400 g/mol. The van der Waals surface area contributed by atoms with E-state index >= 15 is 0 Å². The highest BCUT2D eigenvalue weighted by molar-refractivity contribution is 6.51. The summed E-state index contributed by atoms with van der Waals surface area (Å²) in [5, 5.41) is 22.2. The maximum atomic E-state index is 13.0. The molecule has 1 aliphatic heterocycles. The standard InChI is InChI=1S/C23H39BN3O2/c1-2-12-24-21-11-8-18(26-16-17-6-9-19(28)10-7-17)15-20(21)22(25)23(29)27-13-4-3-5-14-27/h17-19,25-26,28H,2-16H2,1H3. The molecule has 3 N–H and O–H groups in total. The summed E-state index contributed by atoms with van der Waals surface area (Å²) in [6, 6.07) is 0.352. The van der Waals surface area contributed by atoms with Crippen molar-refractivity contribution in [1.29, 1.82) is 5.41 Å². The van der Waals surface area contributed by atoms with Crippen LogP contribution in [0, 0.1) is 11.3 Å². The minimum absolute atomic E-state index is 0.0657. The fourth-order valence-electron chi connectivity index (χ4n) is 5.01. The van der Waals surface area contributed by atoms with Gasteiger partial charge in [0.25, 0.3) is 5.91 Å². The van der Waals surface area contributed by atoms with Gasteiger partial charge in [0.2, 0.25) is 0 Å². The average Bonchev–Trinajstić information content (AvgIpc) is 2.77. The molecule has 3 aliphatic rings. The van der Waals surface area contributed by atoms with Gasteiger partial charge >= 0.3 is 0 Å². The smallest absolute Gasteiger partial charge is 0.271 e. The third-order valence-electron chi connectivity index (χ3n) is 6.95. The molecule has 1 unspecified atom stereocenters. The molecule has 2 fully saturated rings. The molecule has 1 saturated carbocycles. The summed E-state index contributed by atoms with van der Waals surface area (Å²) in [7, 11) is 2.27. The van der Waals surface area contributed by atoms with Gasteiger partial charge in [0.15, 0.2) is 0 Å². The molecule has 29 heavy (non-hydrogen) atoms. The van der Waals surface area contributed by atoms with Crippen molar-refractivity contribution in [3.8, 4) is 0 Å². The summed E-state index contributed by atoms with van der Waals surface area (Å²) in [5.74, 6) is 0.581. The summed E-state index contributed by atoms with van der Waals surface area (Å²) in [4.78, 5) is 14.9. The first-order valence-electron chi connectivity index (χ1n) is 11.9. The van der Waals surface area contributed by atoms with Crippen molar-refractivity contribution in [3.05, 3.63) is 11.0 Å². The Labute approximate surface area is 177 Å². The van der Waals surface area contributed by atoms with E-state index in [0.717, 1.165) is 95.7 Å². The molecular weight excluding hydrogens is 361 g/mol. The predicted molar refractivity (Wildman–Crippen MR) is 120 cm³/mol. The van der Waals surface area contributed by atoms with Crippen LogP contribution in [0.5, 0.6) is 0 Å². The Balaban J connectivity index is 1.60. The molecule has 1 radical (unpaired) electrons. The third-order valence-corrected chi connectivity index (χ3v) is 6.95. The number of carbonyl (C=O) groups excluding carboxylic acids is 1. The van der Waals surface area contributed by atoms with Crippen molar-refractivity contribution in [1.82, 2.24) is 10.2 Å². The van der Waals surface area contributed by atoms with E-state index in [9.17, 15) is 9.90 Å². The molecule has 0 bridgehead atoms. The zero-order chi connectivity index (χ0) is 20.6. The number of aliphatic hydroxyl groups excluding tert-OH is 1. The van der Waals surface area contributed by atoms with Crippen LogP contribution in [0.4, 0.5) is 0 Å². The molecule has 0 aromatic carbocycles. The van der Waals surface area contributed by atoms with Crippen molar-refractivity contribution >= 4 is 18.9 Å². The number of likely N-dealkylation sites (tertiary alicyclic amines) is 1. The zero-order valence-corrected chi connectivity index (χ0v) is 18.2. The second-order valence-electron chi connectivity index (χ2n) is 9.25. The first kappa shape index (κ1) is 22.5. The lowest BCUT2D eigenvalue weighted by Gasteiger charge is -2.33. The predicted octanol–water partition coefficient (Wildman–Crippen LogP) is 3.50. The minimum atomic E-state index is -0.103. The summed E-state index contributed by atoms with van der Waals surface area (Å²) >= 11 is 0. The Morgan fingerprint density at radius 1 is 1.17 bits per heavy atom. The van der Waals surface area contributed by atoms with Gasteiger partial charge in [-0.05, 0) is 82.2 Å². The van der Waals surface area contributed by atoms with Crippen molar-refractivity contribution < 1.29 is 9.90 Å². The Kier molecular flexibility index (Phi) is 8.79. The number of hydrogen-bond acceptors (Lipinski definition) is 4. The highest BCUT2D eigenvalue weighted by Crippen LogP contribution is 2.29. The van der Waals surface area contributed by atoms with Gasteiger partial charge in [-0.25, -0.2) is 0 Å². The SMILES string of the molecule is CCC[B]C1=C(C(=N)C(=O)N2CCCCC2)CC(NCC2CCC(O)CC2)CC1. The lowest BCUT2D eigenvalue weighted by atomic mass is 9.59. The van der Waals surface area contributed by atoms with E-state index in [1.54, 1.807) is 0 Å². The van der Waals surface area contributed by atoms with E-state index in [1.807, 2.05) is 4.90 Å². The fraction of sp³-hybridized carbons (Fsp3) is 0.826. The maximum absolute atomic E-state index is 13.0. The number of allylic oxidation sites excluding steroid dienone is 1. The number of piperidine rings is 1. The Morgan fingerprint density at radius 2 is 1.90 bits per heavy atom. The molecule has 0 aromatic heterocycles. The second kappa shape index (κ2) is 11.3. The number of aliphatic hydroxyl groups is 1. The average molecular weight is 400 g/mol. The lowest BCUT2D eigenvalue weighted by Crippen LogP contribution is -2.43. The van der Waals surface area contributed by atoms with Crippen LogP contribution in [-0.4, -0.2) is 60.7 Å². The number of nitrogens with one attached hydrogen (secondary N) is 2. The van der Waals surface area contributed by atoms with Gasteiger partial charge in [-0.3, -0.25) is 10.2 Å². The Morgan fingerprint density at radius 3 is 2.59 bits per heavy atom. The summed E-state index contributed by atoms with van der Waals surface area (Å²) in [6.07, 6.45) is 12.2. The van der Waals surface area contributed by atoms with Crippen LogP contribution in [0.15, 0.2) is 11.0 Å². The van der Waals surface area contributed by atoms with Crippen molar-refractivity contribution in [3.63, 3.8) is 0 Å². The van der Waals surface area contributed by atoms with Gasteiger partial charge in [-0.15, -0.1) is 5.47 Å². The topological polar surface area (TPSA) is 76.4 Å². The highest BCUT2D eigenvalue weighted by Gasteiger charge is 2.29. The summed E-state index contributed by atoms with van der Waals surface area (Å²) < 4.78 is 0. The molecule has 1 saturated heterocycles. The van der Waals surface area contributed by atoms with Gasteiger partial charge in [0.05, 0.1) is 6.10 Å². The van der Waals surface area contributed by atoms with Gasteiger partial charge in [0, 0.05) is 19.1 Å². The van der Waals surface area contributed by atoms with E-state index in [4.69, 9.17) is 5.41 Å². The fourth-order valence-corrected chi connectivity index (χ4v) is 5.01. The van der Waals surface area contributed by atoms with E-state index in [2.05, 4.69) is 19.5 Å². The molecule has 1 atom stereocenters. The van der Waals surface area contributed by atoms with E-state index in [0.29, 0.717) is 12.0 Å². The molecule has 6 heteroatoms. The van der Waals surface area contributed by atoms with Crippen LogP contribution in [0.3, 0.4) is 0 Å². The van der Waals surface area contributed by atoms with Crippen LogP contribution in [0.25, 0.3) is 0 Å². The number of carbonyl (C=O) groups is 1. The van der Waals surface area contributed by atoms with Crippen LogP contribution in [0.2, 0.25) is 6.32 Å². The quantitative estimate of drug-likeness (QED) is 0.431. The molecule has 0 spiro atoms. The molecule has 3 rings (SSSR count). The van der Waals surface area contributed by atoms with E-state index in [1.165, 1.54) is 11.9 Å². The van der Waals surface area contributed by atoms with Gasteiger partial charge < -0.3 is 15.3 Å². The third kappa shape index (κ3) is 6.42. The van der Waals surface area contributed by atoms with Crippen molar-refractivity contribution in [2.75, 3.05) is 19.6 Å². The molecule has 161 valence electrons. The first-order valence-corrected chi connectivity index (χ1v) is 11.9. The normalized spacial score (nSPS) is 28.3. The van der Waals surface area contributed by atoms with Crippen LogP contribution in [0.1, 0.15) is 77.6 Å². The van der Waals surface area contributed by atoms with E-state index < -0.39 is 0 Å². The molecule has 1 heterocycles. The van der Waals surface area contributed by atoms with E-state index in [-0.39, 0.29) is 17.7 Å². The van der Waals surface area contributed by atoms with Crippen molar-refractivity contribution in [2.24, 2.45) is 5.92 Å². The van der Waals surface area contributed by atoms with Crippen LogP contribution < -0.4 is 5.32 Å². The second-order valence-corrected chi connectivity index (χ2v) is 9.25. The van der Waals surface area contributed by atoms with Gasteiger partial charge in [-0.1, -0.05) is 19.7 Å². The number of hydrogen-bond donors (Lipinski definition) is 3. The molecular formula is C23H39BN3O2. The molecule has 0 aromatic rings. The summed E-state index contributed by atoms with van der Waals surface area (Å²) in [5.41, 5.74) is 2.46. The number of rotatable bonds is 8.